The molecule has 0 aromatic carbocycles. The normalized spacial score (nSPS) is 18.1. The second-order valence-electron chi connectivity index (χ2n) is 4.01. The van der Waals surface area contributed by atoms with Gasteiger partial charge < -0.3 is 0 Å². The van der Waals surface area contributed by atoms with E-state index in [4.69, 9.17) is 5.26 Å². The Morgan fingerprint density at radius 3 is 3.27 bits per heavy atom. The van der Waals surface area contributed by atoms with E-state index in [2.05, 4.69) is 29.3 Å². The van der Waals surface area contributed by atoms with Crippen LogP contribution in [0.3, 0.4) is 0 Å². The average molecular weight is 220 g/mol. The molecule has 0 saturated carbocycles. The second kappa shape index (κ2) is 4.78. The van der Waals surface area contributed by atoms with Gasteiger partial charge in [0.05, 0.1) is 12.5 Å². The van der Waals surface area contributed by atoms with Crippen molar-refractivity contribution in [3.8, 4) is 6.07 Å². The van der Waals surface area contributed by atoms with Crippen LogP contribution >= 0.6 is 11.3 Å². The summed E-state index contributed by atoms with van der Waals surface area (Å²) in [4.78, 5) is 4.00. The van der Waals surface area contributed by atoms with Crippen molar-refractivity contribution in [3.63, 3.8) is 0 Å². The van der Waals surface area contributed by atoms with Gasteiger partial charge in [-0.25, -0.2) is 0 Å². The van der Waals surface area contributed by atoms with Gasteiger partial charge in [0.25, 0.3) is 0 Å². The maximum Gasteiger partial charge on any atom is 0.0638 e. The zero-order chi connectivity index (χ0) is 10.7. The molecule has 0 fully saturated rings. The van der Waals surface area contributed by atoms with Crippen molar-refractivity contribution in [1.29, 1.82) is 5.26 Å². The molecule has 0 spiro atoms. The standard InChI is InChI=1S/C12H16N2S/c1-2-11(3-6-13)14-7-4-12-10(9-14)5-8-15-12/h5,8,11H,2-4,7,9H2,1H3. The monoisotopic (exact) mass is 220 g/mol. The number of rotatable bonds is 3. The van der Waals surface area contributed by atoms with Gasteiger partial charge in [0, 0.05) is 24.0 Å². The molecule has 0 saturated heterocycles. The lowest BCUT2D eigenvalue weighted by molar-refractivity contribution is 0.177. The summed E-state index contributed by atoms with van der Waals surface area (Å²) in [5, 5.41) is 11.0. The van der Waals surface area contributed by atoms with Crippen LogP contribution < -0.4 is 0 Å². The number of fused-ring (bicyclic) bond motifs is 1. The number of nitrogens with zero attached hydrogens (tertiary/aromatic N) is 2. The van der Waals surface area contributed by atoms with Gasteiger partial charge in [-0.05, 0) is 29.9 Å². The van der Waals surface area contributed by atoms with Gasteiger partial charge in [-0.15, -0.1) is 11.3 Å². The third-order valence-electron chi connectivity index (χ3n) is 3.15. The minimum atomic E-state index is 0.447. The van der Waals surface area contributed by atoms with Crippen molar-refractivity contribution in [1.82, 2.24) is 4.90 Å². The fraction of sp³-hybridized carbons (Fsp3) is 0.583. The van der Waals surface area contributed by atoms with Crippen LogP contribution in [0.2, 0.25) is 0 Å². The Hall–Kier alpha value is -0.850. The summed E-state index contributed by atoms with van der Waals surface area (Å²) in [5.41, 5.74) is 1.47. The highest BCUT2D eigenvalue weighted by Gasteiger charge is 2.22. The summed E-state index contributed by atoms with van der Waals surface area (Å²) in [7, 11) is 0. The topological polar surface area (TPSA) is 27.0 Å². The lowest BCUT2D eigenvalue weighted by Crippen LogP contribution is -2.38. The Bertz CT molecular complexity index is 364. The van der Waals surface area contributed by atoms with Crippen molar-refractivity contribution < 1.29 is 0 Å². The highest BCUT2D eigenvalue weighted by molar-refractivity contribution is 7.10. The van der Waals surface area contributed by atoms with Crippen LogP contribution in [-0.2, 0) is 13.0 Å². The molecule has 1 aromatic rings. The summed E-state index contributed by atoms with van der Waals surface area (Å²) in [6.45, 7) is 4.33. The highest BCUT2D eigenvalue weighted by atomic mass is 32.1. The van der Waals surface area contributed by atoms with Crippen molar-refractivity contribution in [2.45, 2.75) is 38.8 Å². The van der Waals surface area contributed by atoms with E-state index < -0.39 is 0 Å². The molecular formula is C12H16N2S. The van der Waals surface area contributed by atoms with E-state index in [-0.39, 0.29) is 0 Å². The minimum absolute atomic E-state index is 0.447. The molecule has 15 heavy (non-hydrogen) atoms. The van der Waals surface area contributed by atoms with Gasteiger partial charge in [0.1, 0.15) is 0 Å². The van der Waals surface area contributed by atoms with E-state index in [9.17, 15) is 0 Å². The first-order chi connectivity index (χ1) is 7.35. The molecular weight excluding hydrogens is 204 g/mol. The molecule has 0 bridgehead atoms. The van der Waals surface area contributed by atoms with Crippen molar-refractivity contribution >= 4 is 11.3 Å². The SMILES string of the molecule is CCC(CC#N)N1CCc2sccc2C1. The smallest absolute Gasteiger partial charge is 0.0638 e. The predicted molar refractivity (Wildman–Crippen MR) is 62.7 cm³/mol. The number of thiophene rings is 1. The summed E-state index contributed by atoms with van der Waals surface area (Å²) < 4.78 is 0. The Balaban J connectivity index is 2.05. The van der Waals surface area contributed by atoms with E-state index in [0.717, 1.165) is 25.9 Å². The third kappa shape index (κ3) is 2.22. The van der Waals surface area contributed by atoms with E-state index in [0.29, 0.717) is 12.5 Å². The summed E-state index contributed by atoms with van der Waals surface area (Å²) in [5.74, 6) is 0. The molecule has 2 heterocycles. The zero-order valence-electron chi connectivity index (χ0n) is 9.07. The molecule has 1 aliphatic heterocycles. The molecule has 1 unspecified atom stereocenters. The quantitative estimate of drug-likeness (QED) is 0.783. The number of nitriles is 1. The molecule has 3 heteroatoms. The van der Waals surface area contributed by atoms with Crippen LogP contribution in [-0.4, -0.2) is 17.5 Å². The number of hydrogen-bond acceptors (Lipinski definition) is 3. The lowest BCUT2D eigenvalue weighted by atomic mass is 10.0. The van der Waals surface area contributed by atoms with Crippen LogP contribution in [0.15, 0.2) is 11.4 Å². The number of hydrogen-bond donors (Lipinski definition) is 0. The third-order valence-corrected chi connectivity index (χ3v) is 4.17. The van der Waals surface area contributed by atoms with Gasteiger partial charge in [0.2, 0.25) is 0 Å². The molecule has 80 valence electrons. The maximum atomic E-state index is 8.78. The highest BCUT2D eigenvalue weighted by Crippen LogP contribution is 2.26. The van der Waals surface area contributed by atoms with Gasteiger partial charge in [-0.2, -0.15) is 5.26 Å². The van der Waals surface area contributed by atoms with Crippen LogP contribution in [0.4, 0.5) is 0 Å². The molecule has 1 aromatic heterocycles. The van der Waals surface area contributed by atoms with E-state index in [1.807, 2.05) is 11.3 Å². The molecule has 0 amide bonds. The Morgan fingerprint density at radius 1 is 1.67 bits per heavy atom. The van der Waals surface area contributed by atoms with Crippen molar-refractivity contribution in [2.75, 3.05) is 6.54 Å². The first kappa shape index (κ1) is 10.7. The van der Waals surface area contributed by atoms with Crippen molar-refractivity contribution in [3.05, 3.63) is 21.9 Å². The molecule has 1 atom stereocenters. The summed E-state index contributed by atoms with van der Waals surface area (Å²) >= 11 is 1.87. The maximum absolute atomic E-state index is 8.78. The van der Waals surface area contributed by atoms with E-state index >= 15 is 0 Å². The van der Waals surface area contributed by atoms with E-state index in [1.54, 1.807) is 0 Å². The van der Waals surface area contributed by atoms with Crippen molar-refractivity contribution in [2.24, 2.45) is 0 Å². The molecule has 0 radical (unpaired) electrons. The van der Waals surface area contributed by atoms with Gasteiger partial charge in [-0.1, -0.05) is 6.92 Å². The minimum Gasteiger partial charge on any atom is -0.295 e. The van der Waals surface area contributed by atoms with Gasteiger partial charge in [-0.3, -0.25) is 4.90 Å². The van der Waals surface area contributed by atoms with E-state index in [1.165, 1.54) is 10.4 Å². The van der Waals surface area contributed by atoms with Gasteiger partial charge >= 0.3 is 0 Å². The van der Waals surface area contributed by atoms with Crippen LogP contribution in [0, 0.1) is 11.3 Å². The van der Waals surface area contributed by atoms with Crippen LogP contribution in [0.1, 0.15) is 30.2 Å². The first-order valence-corrected chi connectivity index (χ1v) is 6.39. The molecule has 1 aliphatic rings. The first-order valence-electron chi connectivity index (χ1n) is 5.51. The molecule has 0 aliphatic carbocycles. The zero-order valence-corrected chi connectivity index (χ0v) is 9.89. The lowest BCUT2D eigenvalue weighted by Gasteiger charge is -2.32. The van der Waals surface area contributed by atoms with Crippen LogP contribution in [0.25, 0.3) is 0 Å². The molecule has 2 nitrogen and oxygen atoms in total. The average Bonchev–Trinajstić information content (AvgIpc) is 2.72. The van der Waals surface area contributed by atoms with Gasteiger partial charge in [0.15, 0.2) is 0 Å². The molecule has 2 rings (SSSR count). The summed E-state index contributed by atoms with van der Waals surface area (Å²) in [6, 6.07) is 4.97. The fourth-order valence-electron chi connectivity index (χ4n) is 2.22. The summed E-state index contributed by atoms with van der Waals surface area (Å²) in [6.07, 6.45) is 2.90. The fourth-order valence-corrected chi connectivity index (χ4v) is 3.11. The second-order valence-corrected chi connectivity index (χ2v) is 5.01. The Labute approximate surface area is 95.1 Å². The molecule has 0 N–H and O–H groups in total. The van der Waals surface area contributed by atoms with Crippen LogP contribution in [0.5, 0.6) is 0 Å². The Kier molecular flexibility index (Phi) is 3.40. The largest absolute Gasteiger partial charge is 0.295 e. The Morgan fingerprint density at radius 2 is 2.53 bits per heavy atom. The predicted octanol–water partition coefficient (Wildman–Crippen LogP) is 2.80.